The van der Waals surface area contributed by atoms with Crippen molar-refractivity contribution >= 4 is 21.8 Å². The maximum absolute atomic E-state index is 12.4. The van der Waals surface area contributed by atoms with E-state index in [1.54, 1.807) is 6.07 Å². The summed E-state index contributed by atoms with van der Waals surface area (Å²) < 4.78 is 2.88. The summed E-state index contributed by atoms with van der Waals surface area (Å²) >= 11 is 3.39. The van der Waals surface area contributed by atoms with Gasteiger partial charge in [-0.25, -0.2) is 0 Å². The number of carbonyl (C=O) groups excluding carboxylic acids is 1. The molecule has 2 N–H and O–H groups in total. The van der Waals surface area contributed by atoms with Crippen molar-refractivity contribution in [3.63, 3.8) is 0 Å². The van der Waals surface area contributed by atoms with Crippen LogP contribution in [-0.4, -0.2) is 50.9 Å². The SMILES string of the molecule is O=C(c1cc(Br)cn1C1CC1)N1C[C@@H](O)[C@@H](O)C1. The Labute approximate surface area is 113 Å². The first-order valence-electron chi connectivity index (χ1n) is 6.09. The zero-order valence-corrected chi connectivity index (χ0v) is 11.4. The molecule has 0 aromatic carbocycles. The van der Waals surface area contributed by atoms with Crippen molar-refractivity contribution in [2.45, 2.75) is 31.1 Å². The van der Waals surface area contributed by atoms with E-state index in [-0.39, 0.29) is 19.0 Å². The van der Waals surface area contributed by atoms with Crippen LogP contribution in [-0.2, 0) is 0 Å². The number of rotatable bonds is 2. The maximum Gasteiger partial charge on any atom is 0.270 e. The molecule has 2 aliphatic rings. The molecule has 1 saturated carbocycles. The van der Waals surface area contributed by atoms with Crippen LogP contribution >= 0.6 is 15.9 Å². The van der Waals surface area contributed by atoms with Gasteiger partial charge in [0.2, 0.25) is 0 Å². The molecule has 1 amide bonds. The Morgan fingerprint density at radius 2 is 1.89 bits per heavy atom. The molecule has 1 aromatic rings. The van der Waals surface area contributed by atoms with E-state index in [4.69, 9.17) is 0 Å². The number of aromatic nitrogens is 1. The molecule has 5 nitrogen and oxygen atoms in total. The van der Waals surface area contributed by atoms with E-state index in [0.29, 0.717) is 11.7 Å². The molecule has 0 spiro atoms. The van der Waals surface area contributed by atoms with E-state index in [1.165, 1.54) is 4.90 Å². The standard InChI is InChI=1S/C12H15BrN2O3/c13-7-3-9(15(4-7)8-1-2-8)12(18)14-5-10(16)11(17)6-14/h3-4,8,10-11,16-17H,1-2,5-6H2/t10-,11+. The van der Waals surface area contributed by atoms with E-state index in [2.05, 4.69) is 15.9 Å². The molecule has 1 aliphatic carbocycles. The molecule has 1 aliphatic heterocycles. The van der Waals surface area contributed by atoms with E-state index in [9.17, 15) is 15.0 Å². The van der Waals surface area contributed by atoms with Gasteiger partial charge in [0.1, 0.15) is 5.69 Å². The summed E-state index contributed by atoms with van der Waals surface area (Å²) in [4.78, 5) is 13.9. The largest absolute Gasteiger partial charge is 0.388 e. The number of hydrogen-bond donors (Lipinski definition) is 2. The predicted octanol–water partition coefficient (Wildman–Crippen LogP) is 0.763. The third kappa shape index (κ3) is 2.08. The van der Waals surface area contributed by atoms with Gasteiger partial charge in [0, 0.05) is 29.8 Å². The van der Waals surface area contributed by atoms with Crippen molar-refractivity contribution < 1.29 is 15.0 Å². The number of nitrogens with zero attached hydrogens (tertiary/aromatic N) is 2. The van der Waals surface area contributed by atoms with Crippen LogP contribution in [0.15, 0.2) is 16.7 Å². The topological polar surface area (TPSA) is 65.7 Å². The molecule has 2 fully saturated rings. The van der Waals surface area contributed by atoms with E-state index in [0.717, 1.165) is 17.3 Å². The van der Waals surface area contributed by atoms with Crippen LogP contribution in [0.25, 0.3) is 0 Å². The molecule has 2 heterocycles. The average Bonchev–Trinajstić information content (AvgIpc) is 3.02. The molecular weight excluding hydrogens is 300 g/mol. The highest BCUT2D eigenvalue weighted by Gasteiger charge is 2.35. The highest BCUT2D eigenvalue weighted by molar-refractivity contribution is 9.10. The molecule has 0 unspecified atom stereocenters. The second-order valence-electron chi connectivity index (χ2n) is 5.03. The van der Waals surface area contributed by atoms with Gasteiger partial charge in [0.05, 0.1) is 12.2 Å². The minimum Gasteiger partial charge on any atom is -0.388 e. The molecule has 18 heavy (non-hydrogen) atoms. The van der Waals surface area contributed by atoms with Gasteiger partial charge >= 0.3 is 0 Å². The third-order valence-corrected chi connectivity index (χ3v) is 3.95. The van der Waals surface area contributed by atoms with E-state index >= 15 is 0 Å². The highest BCUT2D eigenvalue weighted by Crippen LogP contribution is 2.37. The smallest absolute Gasteiger partial charge is 0.270 e. The Morgan fingerprint density at radius 3 is 2.44 bits per heavy atom. The van der Waals surface area contributed by atoms with E-state index in [1.807, 2.05) is 10.8 Å². The number of aliphatic hydroxyl groups excluding tert-OH is 2. The van der Waals surface area contributed by atoms with Crippen molar-refractivity contribution in [2.24, 2.45) is 0 Å². The van der Waals surface area contributed by atoms with Gasteiger partial charge < -0.3 is 19.7 Å². The zero-order chi connectivity index (χ0) is 12.9. The third-order valence-electron chi connectivity index (χ3n) is 3.52. The molecule has 98 valence electrons. The number of likely N-dealkylation sites (tertiary alicyclic amines) is 1. The number of carbonyl (C=O) groups is 1. The lowest BCUT2D eigenvalue weighted by Gasteiger charge is -2.16. The fraction of sp³-hybridized carbons (Fsp3) is 0.583. The van der Waals surface area contributed by atoms with Crippen molar-refractivity contribution in [3.8, 4) is 0 Å². The van der Waals surface area contributed by atoms with Crippen LogP contribution in [0.3, 0.4) is 0 Å². The fourth-order valence-corrected chi connectivity index (χ4v) is 2.81. The van der Waals surface area contributed by atoms with Crippen LogP contribution in [0.1, 0.15) is 29.4 Å². The first kappa shape index (κ1) is 12.2. The lowest BCUT2D eigenvalue weighted by molar-refractivity contribution is 0.0572. The predicted molar refractivity (Wildman–Crippen MR) is 68.3 cm³/mol. The summed E-state index contributed by atoms with van der Waals surface area (Å²) in [5, 5.41) is 19.0. The minimum atomic E-state index is -0.832. The fourth-order valence-electron chi connectivity index (χ4n) is 2.37. The Kier molecular flexibility index (Phi) is 2.96. The Balaban J connectivity index is 1.84. The van der Waals surface area contributed by atoms with Gasteiger partial charge in [-0.3, -0.25) is 4.79 Å². The number of hydrogen-bond acceptors (Lipinski definition) is 3. The van der Waals surface area contributed by atoms with Gasteiger partial charge in [-0.05, 0) is 34.8 Å². The van der Waals surface area contributed by atoms with Crippen molar-refractivity contribution in [2.75, 3.05) is 13.1 Å². The zero-order valence-electron chi connectivity index (χ0n) is 9.79. The lowest BCUT2D eigenvalue weighted by Crippen LogP contribution is -2.31. The highest BCUT2D eigenvalue weighted by atomic mass is 79.9. The van der Waals surface area contributed by atoms with Crippen LogP contribution in [0.4, 0.5) is 0 Å². The molecule has 6 heteroatoms. The summed E-state index contributed by atoms with van der Waals surface area (Å²) in [5.41, 5.74) is 0.630. The Hall–Kier alpha value is -0.850. The average molecular weight is 315 g/mol. The quantitative estimate of drug-likeness (QED) is 0.847. The second kappa shape index (κ2) is 4.36. The lowest BCUT2D eigenvalue weighted by atomic mass is 10.3. The first-order valence-corrected chi connectivity index (χ1v) is 6.88. The van der Waals surface area contributed by atoms with Crippen LogP contribution in [0.2, 0.25) is 0 Å². The summed E-state index contributed by atoms with van der Waals surface area (Å²) in [5.74, 6) is -0.122. The number of halogens is 1. The van der Waals surface area contributed by atoms with Gasteiger partial charge in [0.15, 0.2) is 0 Å². The van der Waals surface area contributed by atoms with Crippen molar-refractivity contribution in [1.82, 2.24) is 9.47 Å². The Morgan fingerprint density at radius 1 is 1.28 bits per heavy atom. The molecule has 1 saturated heterocycles. The summed E-state index contributed by atoms with van der Waals surface area (Å²) in [6.45, 7) is 0.404. The van der Waals surface area contributed by atoms with E-state index < -0.39 is 12.2 Å². The minimum absolute atomic E-state index is 0.122. The van der Waals surface area contributed by atoms with Gasteiger partial charge in [-0.2, -0.15) is 0 Å². The van der Waals surface area contributed by atoms with Gasteiger partial charge in [-0.15, -0.1) is 0 Å². The monoisotopic (exact) mass is 314 g/mol. The Bertz CT molecular complexity index is 474. The van der Waals surface area contributed by atoms with Crippen molar-refractivity contribution in [1.29, 1.82) is 0 Å². The molecule has 0 bridgehead atoms. The van der Waals surface area contributed by atoms with Gasteiger partial charge in [0.25, 0.3) is 5.91 Å². The summed E-state index contributed by atoms with van der Waals surface area (Å²) in [6, 6.07) is 2.23. The van der Waals surface area contributed by atoms with Crippen LogP contribution < -0.4 is 0 Å². The molecular formula is C12H15BrN2O3. The van der Waals surface area contributed by atoms with Crippen molar-refractivity contribution in [3.05, 3.63) is 22.4 Å². The van der Waals surface area contributed by atoms with Gasteiger partial charge in [-0.1, -0.05) is 0 Å². The molecule has 2 atom stereocenters. The maximum atomic E-state index is 12.4. The summed E-state index contributed by atoms with van der Waals surface area (Å²) in [6.07, 6.45) is 2.47. The number of β-amino-alcohol motifs (C(OH)–C–C–N with tert-alkyl or cyclic N) is 2. The summed E-state index contributed by atoms with van der Waals surface area (Å²) in [7, 11) is 0. The first-order chi connectivity index (χ1) is 8.56. The molecule has 3 rings (SSSR count). The molecule has 1 aromatic heterocycles. The number of amides is 1. The number of aliphatic hydroxyl groups is 2. The van der Waals surface area contributed by atoms with Crippen LogP contribution in [0, 0.1) is 0 Å². The molecule has 0 radical (unpaired) electrons. The normalized spacial score (nSPS) is 27.8. The van der Waals surface area contributed by atoms with Crippen LogP contribution in [0.5, 0.6) is 0 Å². The second-order valence-corrected chi connectivity index (χ2v) is 5.94.